The number of nitrogens with zero attached hydrogens (tertiary/aromatic N) is 8. The van der Waals surface area contributed by atoms with Gasteiger partial charge in [0.15, 0.2) is 43.8 Å². The van der Waals surface area contributed by atoms with Crippen molar-refractivity contribution in [2.45, 2.75) is 27.7 Å². The molecule has 0 radical (unpaired) electrons. The first-order chi connectivity index (χ1) is 49.9. The van der Waals surface area contributed by atoms with Gasteiger partial charge in [-0.05, 0) is 98.5 Å². The van der Waals surface area contributed by atoms with Gasteiger partial charge < -0.3 is 46.7 Å². The Labute approximate surface area is 599 Å². The van der Waals surface area contributed by atoms with E-state index in [9.17, 15) is 52.7 Å². The van der Waals surface area contributed by atoms with Crippen molar-refractivity contribution >= 4 is 258 Å². The summed E-state index contributed by atoms with van der Waals surface area (Å²) in [5.74, 6) is 40.2. The zero-order valence-electron chi connectivity index (χ0n) is 52.6. The monoisotopic (exact) mass is 1560 g/mol. The molecule has 0 saturated heterocycles. The minimum Gasteiger partial charge on any atom is -0.323 e. The molecule has 16 N–H and O–H groups in total. The lowest BCUT2D eigenvalue weighted by atomic mass is 9.98. The van der Waals surface area contributed by atoms with Crippen molar-refractivity contribution < 1.29 is 52.7 Å². The topological polar surface area (TPSA) is 307 Å². The maximum atomic E-state index is 14.4. The molecule has 0 unspecified atom stereocenters. The van der Waals surface area contributed by atoms with E-state index in [1.54, 1.807) is 26.0 Å². The minimum atomic E-state index is -1.02. The predicted molar refractivity (Wildman–Crippen MR) is 395 cm³/mol. The third-order valence-electron chi connectivity index (χ3n) is 19.2. The van der Waals surface area contributed by atoms with Gasteiger partial charge >= 0.3 is 0 Å². The van der Waals surface area contributed by atoms with E-state index in [2.05, 4.69) is 40.8 Å². The van der Waals surface area contributed by atoms with Crippen LogP contribution >= 0.6 is 90.7 Å². The number of hydrogen-bond donors (Lipinski definition) is 8. The van der Waals surface area contributed by atoms with Gasteiger partial charge in [0, 0.05) is 127 Å². The molecule has 0 aliphatic rings. The Morgan fingerprint density at radius 2 is 0.404 bits per heavy atom. The molecule has 0 saturated carbocycles. The SMILES string of the molecule is Cc1c2/c(=N/N)c3c(F)c(F)sc3c2c(C)c2/c(=N/N)c3c(F)c(F)sc3c12.Cc1c2/c(=N/N)c3cc(F)sc3c2c(C)c2/c(=N/N)c3cc(F)sc3c12.N/N=c1/c2cc3c(cc2c2sc(F)c(F)c12)/c(=N/N)c1c(F)c(F)sc13.N/N=c1/c2cc3c(cc2c2sc(F)cc12)/c(=N/N)c1cc(F)sc13. The Morgan fingerprint density at radius 1 is 0.202 bits per heavy atom. The molecule has 16 nitrogen and oxygen atoms in total. The lowest BCUT2D eigenvalue weighted by molar-refractivity contribution is 0.537. The summed E-state index contributed by atoms with van der Waals surface area (Å²) in [5.41, 5.74) is 3.05. The second kappa shape index (κ2) is 23.5. The van der Waals surface area contributed by atoms with Crippen LogP contribution in [0.15, 0.2) is 89.3 Å². The molecule has 20 aromatic rings. The van der Waals surface area contributed by atoms with E-state index >= 15 is 0 Å². The number of aryl methyl sites for hydroxylation is 4. The molecular weight excluding hydrogens is 1530 g/mol. The number of hydrogen-bond acceptors (Lipinski definition) is 24. The molecule has 520 valence electrons. The van der Waals surface area contributed by atoms with Crippen LogP contribution < -0.4 is 89.6 Å². The smallest absolute Gasteiger partial charge is 0.213 e. The van der Waals surface area contributed by atoms with Gasteiger partial charge in [0.2, 0.25) is 20.5 Å². The third kappa shape index (κ3) is 8.68. The van der Waals surface area contributed by atoms with Crippen LogP contribution in [0.25, 0.3) is 167 Å². The van der Waals surface area contributed by atoms with Gasteiger partial charge in [-0.15, -0.1) is 90.7 Å². The summed E-state index contributed by atoms with van der Waals surface area (Å²) in [6, 6.07) is 12.8. The third-order valence-corrected chi connectivity index (χ3v) is 26.9. The molecule has 0 aliphatic heterocycles. The lowest BCUT2D eigenvalue weighted by Crippen LogP contribution is -2.08. The molecule has 0 bridgehead atoms. The maximum Gasteiger partial charge on any atom is 0.213 e. The van der Waals surface area contributed by atoms with Crippen LogP contribution in [0.3, 0.4) is 0 Å². The molecular formula is C68H36F12N16S8. The lowest BCUT2D eigenvalue weighted by Gasteiger charge is -2.06. The summed E-state index contributed by atoms with van der Waals surface area (Å²) in [6.45, 7) is 7.36. The number of halogens is 12. The molecule has 36 heteroatoms. The zero-order valence-corrected chi connectivity index (χ0v) is 59.1. The van der Waals surface area contributed by atoms with Gasteiger partial charge in [0.25, 0.3) is 0 Å². The molecule has 20 rings (SSSR count). The molecule has 8 heterocycles. The molecule has 0 aliphatic carbocycles. The normalized spacial score (nSPS) is 14.2. The van der Waals surface area contributed by atoms with Crippen LogP contribution in [0.4, 0.5) is 52.7 Å². The average Bonchev–Trinajstić information content (AvgIpc) is 1.53. The standard InChI is InChI=1S/C18H10F4N4S2.C18H12F2N4S2.C16H6F4N4S2.C16H8F2N4S2/c1-3-5-8(16-9(13(5)25-23)11(19)18(22)28-16)4(2)6-7(3)15-10(14(6)26-24)12(20)17(21)27-15;1-5-11-14(18-7(15(11)23-21)3-10(20)26-18)6(2)12-13(5)17-8(16(12)24-22)4-9(19)25-17;17-9-7-11(23-21)3-1-5-4(2-6(3)14(7)26-16(9)20)12(24-22)8-10(18)15(19)25-13(5)8;17-11-4-10-14(22-20)6-2-8-5(1-7(6)15(10)23-11)13(21-19)9-3-12(18)24-16(8)9/h23-24H2,1-2H3;3-4H,21-22H2,1-2H3;1-2H,21-22H2;1-4H,19-20H2/b25-13-,26-14-;23-15+,24-16+;23-11-,24-12-;21-13-,22-14-. The first-order valence-corrected chi connectivity index (χ1v) is 36.5. The van der Waals surface area contributed by atoms with Gasteiger partial charge in [-0.2, -0.15) is 75.9 Å². The van der Waals surface area contributed by atoms with Crippen LogP contribution in [0, 0.1) is 92.0 Å². The van der Waals surface area contributed by atoms with Gasteiger partial charge in [0.05, 0.1) is 61.8 Å². The quantitative estimate of drug-likeness (QED) is 0.0409. The number of fused-ring (bicyclic) bond motifs is 24. The van der Waals surface area contributed by atoms with E-state index in [0.717, 1.165) is 118 Å². The molecule has 0 spiro atoms. The van der Waals surface area contributed by atoms with Crippen molar-refractivity contribution in [3.05, 3.63) is 178 Å². The van der Waals surface area contributed by atoms with Crippen molar-refractivity contribution in [1.29, 1.82) is 0 Å². The van der Waals surface area contributed by atoms with Crippen molar-refractivity contribution in [1.82, 2.24) is 0 Å². The molecule has 12 aromatic carbocycles. The van der Waals surface area contributed by atoms with Crippen molar-refractivity contribution in [2.24, 2.45) is 87.6 Å². The van der Waals surface area contributed by atoms with Crippen LogP contribution in [0.2, 0.25) is 0 Å². The van der Waals surface area contributed by atoms with Crippen LogP contribution in [-0.2, 0) is 0 Å². The summed E-state index contributed by atoms with van der Waals surface area (Å²) in [5, 5.41) is 41.5. The predicted octanol–water partition coefficient (Wildman–Crippen LogP) is 14.3. The highest BCUT2D eigenvalue weighted by Crippen LogP contribution is 2.47. The van der Waals surface area contributed by atoms with Crippen LogP contribution in [0.5, 0.6) is 0 Å². The van der Waals surface area contributed by atoms with Crippen molar-refractivity contribution in [2.75, 3.05) is 0 Å². The van der Waals surface area contributed by atoms with E-state index in [-0.39, 0.29) is 63.5 Å². The summed E-state index contributed by atoms with van der Waals surface area (Å²) in [6.07, 6.45) is 0. The largest absolute Gasteiger partial charge is 0.323 e. The van der Waals surface area contributed by atoms with Gasteiger partial charge in [-0.3, -0.25) is 0 Å². The Morgan fingerprint density at radius 3 is 0.692 bits per heavy atom. The summed E-state index contributed by atoms with van der Waals surface area (Å²) in [4.78, 5) is 0. The highest BCUT2D eigenvalue weighted by molar-refractivity contribution is 7.21. The Hall–Kier alpha value is -10.6. The fourth-order valence-electron chi connectivity index (χ4n) is 15.2. The van der Waals surface area contributed by atoms with Crippen molar-refractivity contribution in [3.8, 4) is 0 Å². The zero-order chi connectivity index (χ0) is 73.3. The van der Waals surface area contributed by atoms with Gasteiger partial charge in [-0.25, -0.2) is 17.6 Å². The Balaban J connectivity index is 0.000000103. The fourth-order valence-corrected chi connectivity index (χ4v) is 23.0. The highest BCUT2D eigenvalue weighted by Gasteiger charge is 2.31. The van der Waals surface area contributed by atoms with Crippen LogP contribution in [-0.4, -0.2) is 0 Å². The van der Waals surface area contributed by atoms with E-state index in [1.807, 2.05) is 26.0 Å². The molecule has 0 amide bonds. The van der Waals surface area contributed by atoms with Gasteiger partial charge in [-0.1, -0.05) is 0 Å². The van der Waals surface area contributed by atoms with E-state index < -0.39 is 43.8 Å². The molecule has 0 fully saturated rings. The summed E-state index contributed by atoms with van der Waals surface area (Å²) < 4.78 is 172. The number of benzene rings is 4. The van der Waals surface area contributed by atoms with Crippen molar-refractivity contribution in [3.63, 3.8) is 0 Å². The number of rotatable bonds is 0. The highest BCUT2D eigenvalue weighted by atomic mass is 32.1. The summed E-state index contributed by atoms with van der Waals surface area (Å²) in [7, 11) is 0. The minimum absolute atomic E-state index is 0.00451. The second-order valence-electron chi connectivity index (χ2n) is 24.0. The molecule has 0 atom stereocenters. The molecule has 104 heavy (non-hydrogen) atoms. The Bertz CT molecular complexity index is 7380. The average molecular weight is 1560 g/mol. The summed E-state index contributed by atoms with van der Waals surface area (Å²) >= 11 is 6.81. The van der Waals surface area contributed by atoms with Crippen LogP contribution in [0.1, 0.15) is 22.3 Å². The number of nitrogens with two attached hydrogens (primary N) is 8. The first kappa shape index (κ1) is 66.6. The first-order valence-electron chi connectivity index (χ1n) is 30.0. The second-order valence-corrected chi connectivity index (χ2v) is 31.8. The van der Waals surface area contributed by atoms with Gasteiger partial charge in [0.1, 0.15) is 21.4 Å². The van der Waals surface area contributed by atoms with E-state index in [0.29, 0.717) is 161 Å². The molecule has 8 aromatic heterocycles. The maximum absolute atomic E-state index is 14.4. The fraction of sp³-hybridized carbons (Fsp3) is 0.0588. The number of thiophene rings is 8. The van der Waals surface area contributed by atoms with E-state index in [1.165, 1.54) is 24.3 Å². The Kier molecular flexibility index (Phi) is 15.0. The van der Waals surface area contributed by atoms with E-state index in [4.69, 9.17) is 46.7 Å².